The highest BCUT2D eigenvalue weighted by Gasteiger charge is 2.04. The van der Waals surface area contributed by atoms with Crippen molar-refractivity contribution in [2.75, 3.05) is 0 Å². The highest BCUT2D eigenvalue weighted by Crippen LogP contribution is 2.16. The van der Waals surface area contributed by atoms with E-state index >= 15 is 0 Å². The number of aromatic nitrogens is 1. The second kappa shape index (κ2) is 2.51. The zero-order chi connectivity index (χ0) is 7.72. The van der Waals surface area contributed by atoms with Crippen LogP contribution in [-0.2, 0) is 0 Å². The topological polar surface area (TPSA) is 42.2 Å². The Labute approximate surface area is 66.5 Å². The fourth-order valence-corrected chi connectivity index (χ4v) is 1.60. The molecule has 0 aliphatic carbocycles. The molecule has 54 valence electrons. The third-order valence-electron chi connectivity index (χ3n) is 0.992. The predicted molar refractivity (Wildman–Crippen MR) is 41.1 cm³/mol. The van der Waals surface area contributed by atoms with Gasteiger partial charge in [-0.2, -0.15) is 0 Å². The van der Waals surface area contributed by atoms with Crippen LogP contribution in [0.15, 0.2) is 5.38 Å². The summed E-state index contributed by atoms with van der Waals surface area (Å²) in [6.07, 6.45) is 0. The molecule has 0 fully saturated rings. The third kappa shape index (κ3) is 1.10. The van der Waals surface area contributed by atoms with E-state index in [0.717, 1.165) is 4.57 Å². The second-order valence-corrected chi connectivity index (χ2v) is 3.22. The number of hydrogen-bond donors (Lipinski definition) is 1. The van der Waals surface area contributed by atoms with Gasteiger partial charge in [-0.05, 0) is 12.2 Å². The molecule has 0 bridgehead atoms. The van der Waals surface area contributed by atoms with Crippen LogP contribution in [0.3, 0.4) is 0 Å². The minimum absolute atomic E-state index is 0.0810. The summed E-state index contributed by atoms with van der Waals surface area (Å²) in [7, 11) is 0. The van der Waals surface area contributed by atoms with Gasteiger partial charge in [0.25, 0.3) is 0 Å². The first-order valence-corrected chi connectivity index (χ1v) is 3.82. The summed E-state index contributed by atoms with van der Waals surface area (Å²) in [6, 6.07) is 0. The highest BCUT2D eigenvalue weighted by atomic mass is 32.1. The van der Waals surface area contributed by atoms with Crippen LogP contribution in [0, 0.1) is 3.95 Å². The third-order valence-corrected chi connectivity index (χ3v) is 2.18. The van der Waals surface area contributed by atoms with E-state index in [1.165, 1.54) is 23.6 Å². The molecule has 0 unspecified atom stereocenters. The van der Waals surface area contributed by atoms with Gasteiger partial charge in [0, 0.05) is 6.92 Å². The smallest absolute Gasteiger partial charge is 0.232 e. The van der Waals surface area contributed by atoms with Crippen molar-refractivity contribution in [2.45, 2.75) is 6.92 Å². The standard InChI is InChI=1S/C5H5NO2S2/c1-3(7)6-4(8)2-10-5(6)9/h2,8H,1H3. The van der Waals surface area contributed by atoms with E-state index in [-0.39, 0.29) is 11.8 Å². The average molecular weight is 175 g/mol. The number of carbonyl (C=O) groups excluding carboxylic acids is 1. The summed E-state index contributed by atoms with van der Waals surface area (Å²) in [5, 5.41) is 10.4. The van der Waals surface area contributed by atoms with Crippen LogP contribution in [-0.4, -0.2) is 15.6 Å². The molecule has 3 nitrogen and oxygen atoms in total. The van der Waals surface area contributed by atoms with E-state index in [1.807, 2.05) is 0 Å². The molecule has 1 rings (SSSR count). The normalized spacial score (nSPS) is 9.70. The maximum absolute atomic E-state index is 10.7. The van der Waals surface area contributed by atoms with Crippen molar-refractivity contribution in [1.29, 1.82) is 0 Å². The van der Waals surface area contributed by atoms with Crippen molar-refractivity contribution >= 4 is 29.5 Å². The van der Waals surface area contributed by atoms with Crippen LogP contribution >= 0.6 is 23.6 Å². The summed E-state index contributed by atoms with van der Waals surface area (Å²) in [4.78, 5) is 10.7. The molecule has 1 heterocycles. The molecular weight excluding hydrogens is 170 g/mol. The number of aromatic hydroxyl groups is 1. The lowest BCUT2D eigenvalue weighted by molar-refractivity contribution is 0.0927. The first-order chi connectivity index (χ1) is 4.63. The second-order valence-electron chi connectivity index (χ2n) is 1.71. The molecule has 0 amide bonds. The van der Waals surface area contributed by atoms with Gasteiger partial charge in [-0.3, -0.25) is 4.79 Å². The summed E-state index contributed by atoms with van der Waals surface area (Å²) in [5.41, 5.74) is 0. The molecule has 5 heteroatoms. The molecule has 10 heavy (non-hydrogen) atoms. The molecule has 0 saturated carbocycles. The molecular formula is C5H5NO2S2. The molecule has 0 aliphatic rings. The Balaban J connectivity index is 3.37. The number of nitrogens with zero attached hydrogens (tertiary/aromatic N) is 1. The Kier molecular flexibility index (Phi) is 1.87. The summed E-state index contributed by atoms with van der Waals surface area (Å²) < 4.78 is 1.46. The quantitative estimate of drug-likeness (QED) is 0.609. The van der Waals surface area contributed by atoms with Gasteiger partial charge < -0.3 is 5.11 Å². The van der Waals surface area contributed by atoms with Crippen LogP contribution in [0.5, 0.6) is 5.88 Å². The Bertz CT molecular complexity index is 312. The van der Waals surface area contributed by atoms with Crippen LogP contribution in [0.1, 0.15) is 11.7 Å². The van der Waals surface area contributed by atoms with Crippen LogP contribution < -0.4 is 0 Å². The molecule has 0 atom stereocenters. The van der Waals surface area contributed by atoms with Crippen LogP contribution in [0.25, 0.3) is 0 Å². The van der Waals surface area contributed by atoms with Crippen LogP contribution in [0.4, 0.5) is 0 Å². The average Bonchev–Trinajstić information content (AvgIpc) is 2.11. The number of carbonyl (C=O) groups is 1. The molecule has 1 aromatic heterocycles. The Morgan fingerprint density at radius 1 is 1.90 bits per heavy atom. The van der Waals surface area contributed by atoms with E-state index in [4.69, 9.17) is 17.3 Å². The molecule has 1 aromatic rings. The molecule has 0 saturated heterocycles. The fourth-order valence-electron chi connectivity index (χ4n) is 0.592. The highest BCUT2D eigenvalue weighted by molar-refractivity contribution is 7.73. The molecule has 0 spiro atoms. The molecule has 0 radical (unpaired) electrons. The first-order valence-electron chi connectivity index (χ1n) is 2.53. The van der Waals surface area contributed by atoms with E-state index in [9.17, 15) is 4.79 Å². The lowest BCUT2D eigenvalue weighted by Crippen LogP contribution is -2.03. The van der Waals surface area contributed by atoms with E-state index in [2.05, 4.69) is 0 Å². The summed E-state index contributed by atoms with van der Waals surface area (Å²) in [6.45, 7) is 1.35. The predicted octanol–water partition coefficient (Wildman–Crippen LogP) is 1.64. The van der Waals surface area contributed by atoms with Gasteiger partial charge in [0.1, 0.15) is 0 Å². The minimum atomic E-state index is -0.260. The zero-order valence-corrected chi connectivity index (χ0v) is 6.83. The van der Waals surface area contributed by atoms with Crippen LogP contribution in [0.2, 0.25) is 0 Å². The number of thiazole rings is 1. The Morgan fingerprint density at radius 3 is 2.70 bits per heavy atom. The monoisotopic (exact) mass is 175 g/mol. The Hall–Kier alpha value is -0.680. The van der Waals surface area contributed by atoms with E-state index in [0.29, 0.717) is 3.95 Å². The van der Waals surface area contributed by atoms with E-state index in [1.54, 1.807) is 0 Å². The van der Waals surface area contributed by atoms with Crippen molar-refractivity contribution in [2.24, 2.45) is 0 Å². The number of rotatable bonds is 0. The van der Waals surface area contributed by atoms with Crippen molar-refractivity contribution in [3.63, 3.8) is 0 Å². The van der Waals surface area contributed by atoms with Gasteiger partial charge in [-0.1, -0.05) is 0 Å². The van der Waals surface area contributed by atoms with Gasteiger partial charge in [-0.25, -0.2) is 4.57 Å². The summed E-state index contributed by atoms with van der Waals surface area (Å²) >= 11 is 5.92. The van der Waals surface area contributed by atoms with Gasteiger partial charge in [-0.15, -0.1) is 11.3 Å². The van der Waals surface area contributed by atoms with E-state index < -0.39 is 0 Å². The number of hydrogen-bond acceptors (Lipinski definition) is 4. The zero-order valence-electron chi connectivity index (χ0n) is 5.20. The molecule has 1 N–H and O–H groups in total. The van der Waals surface area contributed by atoms with Gasteiger partial charge in [0.2, 0.25) is 11.8 Å². The van der Waals surface area contributed by atoms with Crippen molar-refractivity contribution in [3.05, 3.63) is 9.33 Å². The largest absolute Gasteiger partial charge is 0.494 e. The maximum Gasteiger partial charge on any atom is 0.232 e. The first kappa shape index (κ1) is 7.43. The molecule has 0 aliphatic heterocycles. The SMILES string of the molecule is CC(=O)n1c(O)csc1=S. The van der Waals surface area contributed by atoms with Crippen molar-refractivity contribution in [1.82, 2.24) is 4.57 Å². The Morgan fingerprint density at radius 2 is 2.50 bits per heavy atom. The van der Waals surface area contributed by atoms with Gasteiger partial charge in [0.05, 0.1) is 5.38 Å². The fraction of sp³-hybridized carbons (Fsp3) is 0.200. The van der Waals surface area contributed by atoms with Gasteiger partial charge in [0.15, 0.2) is 3.95 Å². The maximum atomic E-state index is 10.7. The van der Waals surface area contributed by atoms with Crippen molar-refractivity contribution < 1.29 is 9.90 Å². The summed E-state index contributed by atoms with van der Waals surface area (Å²) in [5.74, 6) is -0.341. The van der Waals surface area contributed by atoms with Crippen molar-refractivity contribution in [3.8, 4) is 5.88 Å². The minimum Gasteiger partial charge on any atom is -0.494 e. The lowest BCUT2D eigenvalue weighted by atomic mass is 10.7. The molecule has 0 aromatic carbocycles. The van der Waals surface area contributed by atoms with Gasteiger partial charge >= 0.3 is 0 Å². The lowest BCUT2D eigenvalue weighted by Gasteiger charge is -1.94.